The summed E-state index contributed by atoms with van der Waals surface area (Å²) in [5, 5.41) is 40.8. The Morgan fingerprint density at radius 3 is 2.41 bits per heavy atom. The molecule has 2 aromatic rings. The van der Waals surface area contributed by atoms with Crippen molar-refractivity contribution in [3.05, 3.63) is 62.3 Å². The van der Waals surface area contributed by atoms with Crippen molar-refractivity contribution in [3.63, 3.8) is 0 Å². The summed E-state index contributed by atoms with van der Waals surface area (Å²) < 4.78 is 13.1. The van der Waals surface area contributed by atoms with Crippen LogP contribution >= 0.6 is 0 Å². The zero-order valence-electron chi connectivity index (χ0n) is 18.0. The van der Waals surface area contributed by atoms with Gasteiger partial charge in [0.2, 0.25) is 5.88 Å². The van der Waals surface area contributed by atoms with Gasteiger partial charge in [0.25, 0.3) is 5.56 Å². The van der Waals surface area contributed by atoms with Crippen molar-refractivity contribution in [2.45, 2.75) is 44.2 Å². The summed E-state index contributed by atoms with van der Waals surface area (Å²) in [6, 6.07) is 7.97. The van der Waals surface area contributed by atoms with E-state index in [4.69, 9.17) is 9.47 Å². The third-order valence-electron chi connectivity index (χ3n) is 5.44. The van der Waals surface area contributed by atoms with Crippen LogP contribution in [0.5, 0.6) is 5.88 Å². The predicted octanol–water partition coefficient (Wildman–Crippen LogP) is -1.38. The summed E-state index contributed by atoms with van der Waals surface area (Å²) in [4.78, 5) is 28.9. The second-order valence-electron chi connectivity index (χ2n) is 7.61. The maximum Gasteiger partial charge on any atom is 0.333 e. The molecule has 0 aliphatic carbocycles. The van der Waals surface area contributed by atoms with Gasteiger partial charge in [-0.25, -0.2) is 4.79 Å². The molecule has 1 aromatic carbocycles. The van der Waals surface area contributed by atoms with Crippen molar-refractivity contribution in [2.24, 2.45) is 19.1 Å². The number of aliphatic hydroxyl groups is 3. The maximum absolute atomic E-state index is 12.6. The van der Waals surface area contributed by atoms with Gasteiger partial charge >= 0.3 is 5.69 Å². The molecule has 5 atom stereocenters. The van der Waals surface area contributed by atoms with Crippen molar-refractivity contribution < 1.29 is 29.9 Å². The molecule has 0 amide bonds. The van der Waals surface area contributed by atoms with E-state index in [1.807, 2.05) is 30.3 Å². The molecule has 3 rings (SSSR count). The van der Waals surface area contributed by atoms with Crippen LogP contribution in [0.4, 0.5) is 0 Å². The van der Waals surface area contributed by atoms with E-state index in [2.05, 4.69) is 4.99 Å². The van der Waals surface area contributed by atoms with Crippen LogP contribution in [-0.2, 0) is 30.2 Å². The van der Waals surface area contributed by atoms with E-state index in [1.165, 1.54) is 21.0 Å². The Kier molecular flexibility index (Phi) is 7.26. The summed E-state index contributed by atoms with van der Waals surface area (Å²) in [7, 11) is 2.56. The number of rotatable bonds is 6. The summed E-state index contributed by atoms with van der Waals surface area (Å²) in [6.45, 7) is 0.970. The first-order valence-electron chi connectivity index (χ1n) is 9.99. The molecule has 0 saturated carbocycles. The highest BCUT2D eigenvalue weighted by Gasteiger charge is 2.45. The highest BCUT2D eigenvalue weighted by molar-refractivity contribution is 6.00. The quantitative estimate of drug-likeness (QED) is 0.394. The molecule has 1 aromatic heterocycles. The summed E-state index contributed by atoms with van der Waals surface area (Å²) in [5.41, 5.74) is -0.887. The van der Waals surface area contributed by atoms with E-state index < -0.39 is 54.4 Å². The standard InChI is InChI=1S/C21H27N3O8/c1-11(14-18(28)23(2)21(30)24(3)19(14)29)22-15-17(27)16(26)13(9-25)32-20(15)31-10-12-7-5-4-6-8-12/h4-8,13,15-17,20,25-28H,9-10H2,1-3H3/t13-,15-,16-,17-,20+/m1/s1. The van der Waals surface area contributed by atoms with E-state index in [9.17, 15) is 30.0 Å². The lowest BCUT2D eigenvalue weighted by atomic mass is 9.97. The summed E-state index contributed by atoms with van der Waals surface area (Å²) in [5.74, 6) is -0.582. The Hall–Kier alpha value is -2.83. The first-order valence-corrected chi connectivity index (χ1v) is 9.99. The van der Waals surface area contributed by atoms with Gasteiger partial charge in [-0.3, -0.25) is 18.9 Å². The smallest absolute Gasteiger partial charge is 0.333 e. The van der Waals surface area contributed by atoms with E-state index in [1.54, 1.807) is 0 Å². The first-order chi connectivity index (χ1) is 15.2. The minimum atomic E-state index is -1.49. The second-order valence-corrected chi connectivity index (χ2v) is 7.61. The SMILES string of the molecule is CC(=N[C@H]1[C@@H](OCc2ccccc2)O[C@H](CO)[C@@H](O)[C@@H]1O)c1c(O)n(C)c(=O)n(C)c1=O. The molecular formula is C21H27N3O8. The van der Waals surface area contributed by atoms with Gasteiger partial charge in [0.05, 0.1) is 18.9 Å². The van der Waals surface area contributed by atoms with Crippen molar-refractivity contribution in [3.8, 4) is 5.88 Å². The summed E-state index contributed by atoms with van der Waals surface area (Å²) in [6.07, 6.45) is -5.22. The summed E-state index contributed by atoms with van der Waals surface area (Å²) >= 11 is 0. The topological polar surface area (TPSA) is 156 Å². The molecular weight excluding hydrogens is 422 g/mol. The van der Waals surface area contributed by atoms with Gasteiger partial charge in [-0.2, -0.15) is 0 Å². The molecule has 11 nitrogen and oxygen atoms in total. The predicted molar refractivity (Wildman–Crippen MR) is 114 cm³/mol. The number of aromatic nitrogens is 2. The van der Waals surface area contributed by atoms with Crippen molar-refractivity contribution >= 4 is 5.71 Å². The number of aromatic hydroxyl groups is 1. The zero-order valence-corrected chi connectivity index (χ0v) is 18.0. The van der Waals surface area contributed by atoms with Gasteiger partial charge in [-0.1, -0.05) is 30.3 Å². The van der Waals surface area contributed by atoms with Gasteiger partial charge in [-0.15, -0.1) is 0 Å². The number of benzene rings is 1. The number of hydrogen-bond donors (Lipinski definition) is 4. The molecule has 174 valence electrons. The number of aliphatic imine (C=N–C) groups is 1. The molecule has 4 N–H and O–H groups in total. The zero-order chi connectivity index (χ0) is 23.6. The Labute approximate surface area is 183 Å². The molecule has 1 fully saturated rings. The van der Waals surface area contributed by atoms with E-state index in [0.717, 1.165) is 14.7 Å². The minimum Gasteiger partial charge on any atom is -0.494 e. The van der Waals surface area contributed by atoms with E-state index in [-0.39, 0.29) is 17.9 Å². The van der Waals surface area contributed by atoms with Gasteiger partial charge in [0, 0.05) is 14.1 Å². The molecule has 1 aliphatic rings. The second kappa shape index (κ2) is 9.76. The van der Waals surface area contributed by atoms with Crippen LogP contribution in [0.3, 0.4) is 0 Å². The fourth-order valence-electron chi connectivity index (χ4n) is 3.53. The Balaban J connectivity index is 1.99. The average molecular weight is 449 g/mol. The fourth-order valence-corrected chi connectivity index (χ4v) is 3.53. The lowest BCUT2D eigenvalue weighted by Gasteiger charge is -2.40. The molecule has 1 aliphatic heterocycles. The monoisotopic (exact) mass is 449 g/mol. The van der Waals surface area contributed by atoms with Crippen molar-refractivity contribution in [1.82, 2.24) is 9.13 Å². The third kappa shape index (κ3) is 4.52. The lowest BCUT2D eigenvalue weighted by Crippen LogP contribution is -2.58. The Morgan fingerprint density at radius 2 is 1.78 bits per heavy atom. The van der Waals surface area contributed by atoms with Crippen LogP contribution < -0.4 is 11.2 Å². The number of aliphatic hydroxyl groups excluding tert-OH is 3. The van der Waals surface area contributed by atoms with Gasteiger partial charge < -0.3 is 29.9 Å². The maximum atomic E-state index is 12.6. The van der Waals surface area contributed by atoms with Crippen LogP contribution in [0.1, 0.15) is 18.1 Å². The van der Waals surface area contributed by atoms with Crippen LogP contribution in [0.15, 0.2) is 44.9 Å². The number of ether oxygens (including phenoxy) is 2. The third-order valence-corrected chi connectivity index (χ3v) is 5.44. The van der Waals surface area contributed by atoms with Gasteiger partial charge in [-0.05, 0) is 12.5 Å². The van der Waals surface area contributed by atoms with E-state index >= 15 is 0 Å². The van der Waals surface area contributed by atoms with Gasteiger partial charge in [0.15, 0.2) is 6.29 Å². The van der Waals surface area contributed by atoms with Crippen LogP contribution in [-0.4, -0.2) is 72.5 Å². The van der Waals surface area contributed by atoms with Crippen molar-refractivity contribution in [2.75, 3.05) is 6.61 Å². The highest BCUT2D eigenvalue weighted by Crippen LogP contribution is 2.26. The molecule has 32 heavy (non-hydrogen) atoms. The largest absolute Gasteiger partial charge is 0.494 e. The fraction of sp³-hybridized carbons (Fsp3) is 0.476. The normalized spacial score (nSPS) is 26.3. The highest BCUT2D eigenvalue weighted by atomic mass is 16.7. The molecule has 0 bridgehead atoms. The van der Waals surface area contributed by atoms with Crippen LogP contribution in [0.2, 0.25) is 0 Å². The number of hydrogen-bond acceptors (Lipinski definition) is 9. The molecule has 11 heteroatoms. The first kappa shape index (κ1) is 23.8. The van der Waals surface area contributed by atoms with Crippen LogP contribution in [0, 0.1) is 0 Å². The number of nitrogens with zero attached hydrogens (tertiary/aromatic N) is 3. The molecule has 0 spiro atoms. The molecule has 1 saturated heterocycles. The average Bonchev–Trinajstić information content (AvgIpc) is 2.79. The molecule has 0 radical (unpaired) electrons. The lowest BCUT2D eigenvalue weighted by molar-refractivity contribution is -0.268. The Morgan fingerprint density at radius 1 is 1.12 bits per heavy atom. The van der Waals surface area contributed by atoms with Gasteiger partial charge in [0.1, 0.15) is 29.9 Å². The van der Waals surface area contributed by atoms with Crippen molar-refractivity contribution in [1.29, 1.82) is 0 Å². The molecule has 0 unspecified atom stereocenters. The van der Waals surface area contributed by atoms with Crippen LogP contribution in [0.25, 0.3) is 0 Å². The minimum absolute atomic E-state index is 0.00862. The Bertz CT molecular complexity index is 1090. The molecule has 2 heterocycles. The van der Waals surface area contributed by atoms with E-state index in [0.29, 0.717) is 0 Å².